The van der Waals surface area contributed by atoms with E-state index in [0.29, 0.717) is 0 Å². The molecule has 0 aliphatic heterocycles. The highest BCUT2D eigenvalue weighted by Crippen LogP contribution is 2.39. The SMILES string of the molecule is C=C(CC=Cc1cccc2ccccc12)CCC(=C)C(C(=C)c1cc(CC)c(CC)c(CC)c1)c1ccccc1. The van der Waals surface area contributed by atoms with Crippen LogP contribution in [0.3, 0.4) is 0 Å². The number of fused-ring (bicyclic) bond motifs is 1. The summed E-state index contributed by atoms with van der Waals surface area (Å²) in [6.07, 6.45) is 10.3. The van der Waals surface area contributed by atoms with Crippen molar-refractivity contribution in [2.75, 3.05) is 0 Å². The van der Waals surface area contributed by atoms with Gasteiger partial charge in [0.15, 0.2) is 0 Å². The first-order valence-electron chi connectivity index (χ1n) is 14.8. The Balaban J connectivity index is 1.49. The maximum absolute atomic E-state index is 4.67. The summed E-state index contributed by atoms with van der Waals surface area (Å²) in [6, 6.07) is 30.5. The Bertz CT molecular complexity index is 1480. The molecule has 0 nitrogen and oxygen atoms in total. The van der Waals surface area contributed by atoms with E-state index in [1.165, 1.54) is 55.3 Å². The Kier molecular flexibility index (Phi) is 10.1. The molecule has 0 spiro atoms. The van der Waals surface area contributed by atoms with Crippen LogP contribution in [0.5, 0.6) is 0 Å². The third kappa shape index (κ3) is 6.80. The maximum Gasteiger partial charge on any atom is 0.0296 e. The third-order valence-electron chi connectivity index (χ3n) is 8.14. The molecule has 0 amide bonds. The molecule has 1 atom stereocenters. The second kappa shape index (κ2) is 13.9. The standard InChI is InChI=1S/C40H44/c1-7-32-27-37(28-33(8-2)38(32)9-3)31(6)40(36-19-11-10-12-20-36)30(5)26-25-29(4)17-15-21-35-23-16-22-34-18-13-14-24-39(34)35/h10-16,18-24,27-28,40H,4-9,17,25-26H2,1-3H3. The van der Waals surface area contributed by atoms with Gasteiger partial charge < -0.3 is 0 Å². The van der Waals surface area contributed by atoms with Gasteiger partial charge in [-0.25, -0.2) is 0 Å². The molecule has 0 aliphatic rings. The number of hydrogen-bond donors (Lipinski definition) is 0. The van der Waals surface area contributed by atoms with Crippen LogP contribution in [0.2, 0.25) is 0 Å². The van der Waals surface area contributed by atoms with Crippen LogP contribution < -0.4 is 0 Å². The molecular weight excluding hydrogens is 480 g/mol. The van der Waals surface area contributed by atoms with Crippen molar-refractivity contribution < 1.29 is 0 Å². The summed E-state index contributed by atoms with van der Waals surface area (Å²) < 4.78 is 0. The van der Waals surface area contributed by atoms with Crippen LogP contribution in [0.15, 0.2) is 122 Å². The summed E-state index contributed by atoms with van der Waals surface area (Å²) in [5.41, 5.74) is 11.7. The Morgan fingerprint density at radius 3 is 2.05 bits per heavy atom. The Morgan fingerprint density at radius 2 is 1.38 bits per heavy atom. The van der Waals surface area contributed by atoms with Crippen LogP contribution >= 0.6 is 0 Å². The highest BCUT2D eigenvalue weighted by molar-refractivity contribution is 5.90. The molecule has 0 radical (unpaired) electrons. The molecule has 4 aromatic rings. The van der Waals surface area contributed by atoms with Crippen LogP contribution in [-0.4, -0.2) is 0 Å². The van der Waals surface area contributed by atoms with Gasteiger partial charge >= 0.3 is 0 Å². The van der Waals surface area contributed by atoms with E-state index >= 15 is 0 Å². The zero-order valence-corrected chi connectivity index (χ0v) is 24.7. The van der Waals surface area contributed by atoms with E-state index in [2.05, 4.69) is 138 Å². The van der Waals surface area contributed by atoms with Crippen molar-refractivity contribution in [1.82, 2.24) is 0 Å². The lowest BCUT2D eigenvalue weighted by atomic mass is 9.79. The van der Waals surface area contributed by atoms with Crippen molar-refractivity contribution in [3.63, 3.8) is 0 Å². The van der Waals surface area contributed by atoms with Crippen molar-refractivity contribution in [2.45, 2.75) is 65.2 Å². The van der Waals surface area contributed by atoms with E-state index in [1.807, 2.05) is 0 Å². The Labute approximate surface area is 242 Å². The highest BCUT2D eigenvalue weighted by atomic mass is 14.3. The molecular formula is C40H44. The van der Waals surface area contributed by atoms with E-state index in [9.17, 15) is 0 Å². The van der Waals surface area contributed by atoms with Gasteiger partial charge in [-0.3, -0.25) is 0 Å². The van der Waals surface area contributed by atoms with Gasteiger partial charge in [0, 0.05) is 5.92 Å². The average molecular weight is 525 g/mol. The lowest BCUT2D eigenvalue weighted by Gasteiger charge is -2.25. The van der Waals surface area contributed by atoms with Gasteiger partial charge in [-0.05, 0) is 88.3 Å². The molecule has 0 bridgehead atoms. The van der Waals surface area contributed by atoms with Crippen LogP contribution in [0.25, 0.3) is 22.4 Å². The van der Waals surface area contributed by atoms with Crippen molar-refractivity contribution in [1.29, 1.82) is 0 Å². The Hall–Kier alpha value is -3.90. The van der Waals surface area contributed by atoms with E-state index in [-0.39, 0.29) is 5.92 Å². The molecule has 0 fully saturated rings. The van der Waals surface area contributed by atoms with E-state index in [1.54, 1.807) is 0 Å². The van der Waals surface area contributed by atoms with Crippen LogP contribution in [-0.2, 0) is 19.3 Å². The number of benzene rings is 4. The number of hydrogen-bond acceptors (Lipinski definition) is 0. The molecule has 0 heterocycles. The van der Waals surface area contributed by atoms with Crippen molar-refractivity contribution >= 4 is 22.4 Å². The smallest absolute Gasteiger partial charge is 0.0296 e. The zero-order valence-electron chi connectivity index (χ0n) is 24.7. The van der Waals surface area contributed by atoms with Crippen LogP contribution in [0.4, 0.5) is 0 Å². The number of rotatable bonds is 13. The van der Waals surface area contributed by atoms with E-state index in [4.69, 9.17) is 0 Å². The molecule has 0 aromatic heterocycles. The molecule has 204 valence electrons. The fourth-order valence-corrected chi connectivity index (χ4v) is 5.90. The van der Waals surface area contributed by atoms with Gasteiger partial charge in [0.1, 0.15) is 0 Å². The summed E-state index contributed by atoms with van der Waals surface area (Å²) in [6.45, 7) is 20.5. The topological polar surface area (TPSA) is 0 Å². The maximum atomic E-state index is 4.67. The average Bonchev–Trinajstić information content (AvgIpc) is 2.99. The predicted octanol–water partition coefficient (Wildman–Crippen LogP) is 11.3. The van der Waals surface area contributed by atoms with Crippen molar-refractivity contribution in [3.8, 4) is 0 Å². The molecule has 0 N–H and O–H groups in total. The Morgan fingerprint density at radius 1 is 0.725 bits per heavy atom. The summed E-state index contributed by atoms with van der Waals surface area (Å²) in [5, 5.41) is 2.56. The van der Waals surface area contributed by atoms with Gasteiger partial charge in [0.25, 0.3) is 0 Å². The molecule has 0 saturated carbocycles. The molecule has 1 unspecified atom stereocenters. The molecule has 4 rings (SSSR count). The minimum Gasteiger partial charge on any atom is -0.0995 e. The van der Waals surface area contributed by atoms with Crippen LogP contribution in [0, 0.1) is 0 Å². The number of aryl methyl sites for hydroxylation is 2. The van der Waals surface area contributed by atoms with Crippen LogP contribution in [0.1, 0.15) is 79.3 Å². The molecule has 40 heavy (non-hydrogen) atoms. The lowest BCUT2D eigenvalue weighted by molar-refractivity contribution is 0.841. The largest absolute Gasteiger partial charge is 0.0995 e. The summed E-state index contributed by atoms with van der Waals surface area (Å²) in [5.74, 6) is 0.0853. The molecule has 0 heteroatoms. The minimum atomic E-state index is 0.0853. The summed E-state index contributed by atoms with van der Waals surface area (Å²) >= 11 is 0. The predicted molar refractivity (Wildman–Crippen MR) is 178 cm³/mol. The lowest BCUT2D eigenvalue weighted by Crippen LogP contribution is -2.07. The van der Waals surface area contributed by atoms with Gasteiger partial charge in [-0.15, -0.1) is 0 Å². The van der Waals surface area contributed by atoms with E-state index < -0.39 is 0 Å². The summed E-state index contributed by atoms with van der Waals surface area (Å²) in [7, 11) is 0. The van der Waals surface area contributed by atoms with Gasteiger partial charge in [-0.1, -0.05) is 149 Å². The third-order valence-corrected chi connectivity index (χ3v) is 8.14. The number of allylic oxidation sites excluding steroid dienone is 4. The highest BCUT2D eigenvalue weighted by Gasteiger charge is 2.21. The van der Waals surface area contributed by atoms with Gasteiger partial charge in [0.05, 0.1) is 0 Å². The first-order chi connectivity index (χ1) is 19.5. The molecule has 0 saturated heterocycles. The first-order valence-corrected chi connectivity index (χ1v) is 14.8. The van der Waals surface area contributed by atoms with Gasteiger partial charge in [0.2, 0.25) is 0 Å². The van der Waals surface area contributed by atoms with Gasteiger partial charge in [-0.2, -0.15) is 0 Å². The normalized spacial score (nSPS) is 12.1. The first kappa shape index (κ1) is 29.1. The quantitative estimate of drug-likeness (QED) is 0.153. The van der Waals surface area contributed by atoms with E-state index in [0.717, 1.165) is 44.1 Å². The second-order valence-electron chi connectivity index (χ2n) is 10.8. The fraction of sp³-hybridized carbons (Fsp3) is 0.250. The molecule has 0 aliphatic carbocycles. The molecule has 4 aromatic carbocycles. The summed E-state index contributed by atoms with van der Waals surface area (Å²) in [4.78, 5) is 0. The fourth-order valence-electron chi connectivity index (χ4n) is 5.90. The minimum absolute atomic E-state index is 0.0853. The van der Waals surface area contributed by atoms with Crippen molar-refractivity contribution in [3.05, 3.63) is 155 Å². The zero-order chi connectivity index (χ0) is 28.5. The van der Waals surface area contributed by atoms with Crippen molar-refractivity contribution in [2.24, 2.45) is 0 Å². The monoisotopic (exact) mass is 524 g/mol. The second-order valence-corrected chi connectivity index (χ2v) is 10.8.